The Kier molecular flexibility index (Phi) is 7.34. The summed E-state index contributed by atoms with van der Waals surface area (Å²) in [4.78, 5) is -0.934. The molecule has 9 heteroatoms. The number of hydrogen-bond donors (Lipinski definition) is 2. The molecule has 0 radical (unpaired) electrons. The van der Waals surface area contributed by atoms with Crippen molar-refractivity contribution in [2.75, 3.05) is 33.4 Å². The van der Waals surface area contributed by atoms with Gasteiger partial charge < -0.3 is 10.1 Å². The Morgan fingerprint density at radius 3 is 2.35 bits per heavy atom. The summed E-state index contributed by atoms with van der Waals surface area (Å²) in [6, 6.07) is 2.98. The van der Waals surface area contributed by atoms with Crippen molar-refractivity contribution in [3.63, 3.8) is 0 Å². The van der Waals surface area contributed by atoms with Gasteiger partial charge in [0.05, 0.1) is 6.61 Å². The van der Waals surface area contributed by atoms with Crippen LogP contribution in [-0.4, -0.2) is 41.8 Å². The molecule has 0 saturated carbocycles. The van der Waals surface area contributed by atoms with E-state index in [1.807, 2.05) is 0 Å². The molecule has 1 aromatic rings. The van der Waals surface area contributed by atoms with Crippen LogP contribution in [0.4, 0.5) is 8.78 Å². The van der Waals surface area contributed by atoms with Crippen LogP contribution in [0.5, 0.6) is 0 Å². The van der Waals surface area contributed by atoms with Crippen molar-refractivity contribution in [1.29, 1.82) is 0 Å². The van der Waals surface area contributed by atoms with Crippen LogP contribution in [0.3, 0.4) is 0 Å². The van der Waals surface area contributed by atoms with E-state index in [1.54, 1.807) is 7.11 Å². The lowest BCUT2D eigenvalue weighted by Crippen LogP contribution is -2.47. The van der Waals surface area contributed by atoms with Gasteiger partial charge in [-0.3, -0.25) is 0 Å². The van der Waals surface area contributed by atoms with E-state index >= 15 is 0 Å². The summed E-state index contributed by atoms with van der Waals surface area (Å²) >= 11 is 0. The lowest BCUT2D eigenvalue weighted by atomic mass is 9.80. The van der Waals surface area contributed by atoms with E-state index < -0.39 is 26.6 Å². The summed E-state index contributed by atoms with van der Waals surface area (Å²) in [5.74, 6) is -2.20. The quantitative estimate of drug-likeness (QED) is 0.799. The Balaban J connectivity index is 0.00000264. The predicted molar refractivity (Wildman–Crippen MR) is 85.2 cm³/mol. The number of ether oxygens (including phenoxy) is 1. The molecule has 0 unspecified atom stereocenters. The van der Waals surface area contributed by atoms with Gasteiger partial charge in [-0.05, 0) is 38.1 Å². The minimum atomic E-state index is -4.25. The van der Waals surface area contributed by atoms with Crippen molar-refractivity contribution in [3.8, 4) is 0 Å². The largest absolute Gasteiger partial charge is 0.384 e. The molecule has 1 aromatic carbocycles. The van der Waals surface area contributed by atoms with Gasteiger partial charge >= 0.3 is 0 Å². The Labute approximate surface area is 141 Å². The maximum Gasteiger partial charge on any atom is 0.246 e. The van der Waals surface area contributed by atoms with Gasteiger partial charge in [-0.25, -0.2) is 21.9 Å². The molecule has 0 aromatic heterocycles. The third-order valence-electron chi connectivity index (χ3n) is 3.94. The van der Waals surface area contributed by atoms with Crippen molar-refractivity contribution >= 4 is 22.4 Å². The molecule has 0 bridgehead atoms. The molecule has 1 fully saturated rings. The smallest absolute Gasteiger partial charge is 0.246 e. The molecule has 2 rings (SSSR count). The Morgan fingerprint density at radius 1 is 1.26 bits per heavy atom. The Morgan fingerprint density at radius 2 is 1.83 bits per heavy atom. The molecule has 5 nitrogen and oxygen atoms in total. The first-order valence-corrected chi connectivity index (χ1v) is 8.52. The molecule has 1 aliphatic heterocycles. The van der Waals surface area contributed by atoms with Crippen molar-refractivity contribution in [2.24, 2.45) is 5.41 Å². The molecule has 0 atom stereocenters. The second kappa shape index (κ2) is 8.34. The number of hydrogen-bond acceptors (Lipinski definition) is 4. The van der Waals surface area contributed by atoms with Gasteiger partial charge in [0.1, 0.15) is 11.6 Å². The standard InChI is InChI=1S/C14H20F2N2O3S.ClH/c1-21-10-14(5-7-17-8-6-14)9-18-22(19,20)13-11(15)3-2-4-12(13)16;/h2-4,17-18H,5-10H2,1H3;1H. The number of methoxy groups -OCH3 is 1. The highest BCUT2D eigenvalue weighted by molar-refractivity contribution is 7.89. The number of piperidine rings is 1. The third kappa shape index (κ3) is 4.84. The summed E-state index contributed by atoms with van der Waals surface area (Å²) in [6.07, 6.45) is 1.45. The molecule has 1 aliphatic rings. The lowest BCUT2D eigenvalue weighted by Gasteiger charge is -2.37. The fourth-order valence-electron chi connectivity index (χ4n) is 2.69. The predicted octanol–water partition coefficient (Wildman–Crippen LogP) is 1.68. The van der Waals surface area contributed by atoms with Gasteiger partial charge in [0.2, 0.25) is 10.0 Å². The monoisotopic (exact) mass is 370 g/mol. The average molecular weight is 371 g/mol. The zero-order valence-electron chi connectivity index (χ0n) is 12.8. The molecular weight excluding hydrogens is 350 g/mol. The SMILES string of the molecule is COCC1(CNS(=O)(=O)c2c(F)cccc2F)CCNCC1.Cl. The molecule has 0 spiro atoms. The minimum Gasteiger partial charge on any atom is -0.384 e. The van der Waals surface area contributed by atoms with Crippen molar-refractivity contribution < 1.29 is 21.9 Å². The molecule has 23 heavy (non-hydrogen) atoms. The Hall–Kier alpha value is -0.800. The highest BCUT2D eigenvalue weighted by Crippen LogP contribution is 2.29. The number of halogens is 3. The van der Waals surface area contributed by atoms with Crippen molar-refractivity contribution in [3.05, 3.63) is 29.8 Å². The van der Waals surface area contributed by atoms with E-state index in [0.29, 0.717) is 6.61 Å². The van der Waals surface area contributed by atoms with E-state index in [-0.39, 0.29) is 24.4 Å². The molecule has 1 saturated heterocycles. The van der Waals surface area contributed by atoms with Gasteiger partial charge in [-0.1, -0.05) is 6.07 Å². The first kappa shape index (κ1) is 20.2. The van der Waals surface area contributed by atoms with Crippen LogP contribution in [0.25, 0.3) is 0 Å². The van der Waals surface area contributed by atoms with Gasteiger partial charge in [0, 0.05) is 19.1 Å². The number of benzene rings is 1. The third-order valence-corrected chi connectivity index (χ3v) is 5.39. The summed E-state index contributed by atoms with van der Waals surface area (Å²) in [7, 11) is -2.70. The van der Waals surface area contributed by atoms with Crippen LogP contribution in [0.15, 0.2) is 23.1 Å². The molecule has 0 aliphatic carbocycles. The lowest BCUT2D eigenvalue weighted by molar-refractivity contribution is 0.0577. The summed E-state index contributed by atoms with van der Waals surface area (Å²) in [6.45, 7) is 1.97. The second-order valence-electron chi connectivity index (χ2n) is 5.56. The fraction of sp³-hybridized carbons (Fsp3) is 0.571. The fourth-order valence-corrected chi connectivity index (χ4v) is 3.99. The summed E-state index contributed by atoms with van der Waals surface area (Å²) in [5, 5.41) is 3.19. The van der Waals surface area contributed by atoms with E-state index in [2.05, 4.69) is 10.0 Å². The Bertz CT molecular complexity index is 597. The van der Waals surface area contributed by atoms with Gasteiger partial charge in [0.15, 0.2) is 4.90 Å². The van der Waals surface area contributed by atoms with Crippen LogP contribution in [0.1, 0.15) is 12.8 Å². The average Bonchev–Trinajstić information content (AvgIpc) is 2.46. The first-order chi connectivity index (χ1) is 10.4. The second-order valence-corrected chi connectivity index (χ2v) is 7.26. The van der Waals surface area contributed by atoms with E-state index in [1.165, 1.54) is 0 Å². The molecule has 132 valence electrons. The highest BCUT2D eigenvalue weighted by atomic mass is 35.5. The van der Waals surface area contributed by atoms with Crippen LogP contribution in [0.2, 0.25) is 0 Å². The number of nitrogens with one attached hydrogen (secondary N) is 2. The maximum absolute atomic E-state index is 13.7. The zero-order chi connectivity index (χ0) is 16.2. The van der Waals surface area contributed by atoms with Crippen LogP contribution >= 0.6 is 12.4 Å². The maximum atomic E-state index is 13.7. The normalized spacial score (nSPS) is 17.5. The first-order valence-electron chi connectivity index (χ1n) is 7.04. The highest BCUT2D eigenvalue weighted by Gasteiger charge is 2.34. The van der Waals surface area contributed by atoms with Crippen LogP contribution < -0.4 is 10.0 Å². The van der Waals surface area contributed by atoms with Crippen molar-refractivity contribution in [2.45, 2.75) is 17.7 Å². The van der Waals surface area contributed by atoms with Gasteiger partial charge in [0.25, 0.3) is 0 Å². The van der Waals surface area contributed by atoms with E-state index in [9.17, 15) is 17.2 Å². The van der Waals surface area contributed by atoms with E-state index in [0.717, 1.165) is 44.1 Å². The zero-order valence-corrected chi connectivity index (χ0v) is 14.4. The van der Waals surface area contributed by atoms with Gasteiger partial charge in [-0.2, -0.15) is 0 Å². The van der Waals surface area contributed by atoms with Gasteiger partial charge in [-0.15, -0.1) is 12.4 Å². The van der Waals surface area contributed by atoms with Crippen LogP contribution in [0, 0.1) is 17.0 Å². The number of sulfonamides is 1. The van der Waals surface area contributed by atoms with Crippen molar-refractivity contribution in [1.82, 2.24) is 10.0 Å². The molecule has 2 N–H and O–H groups in total. The topological polar surface area (TPSA) is 67.4 Å². The molecular formula is C14H21ClF2N2O3S. The summed E-state index contributed by atoms with van der Waals surface area (Å²) < 4.78 is 59.3. The van der Waals surface area contributed by atoms with E-state index in [4.69, 9.17) is 4.74 Å². The summed E-state index contributed by atoms with van der Waals surface area (Å²) in [5.41, 5.74) is -0.366. The molecule has 0 amide bonds. The number of rotatable bonds is 6. The minimum absolute atomic E-state index is 0. The molecule has 1 heterocycles. The van der Waals surface area contributed by atoms with Crippen LogP contribution in [-0.2, 0) is 14.8 Å².